The van der Waals surface area contributed by atoms with E-state index in [-0.39, 0.29) is 5.96 Å². The van der Waals surface area contributed by atoms with Crippen molar-refractivity contribution in [1.82, 2.24) is 5.48 Å². The van der Waals surface area contributed by atoms with Crippen molar-refractivity contribution < 1.29 is 9.42 Å². The van der Waals surface area contributed by atoms with Gasteiger partial charge in [0.05, 0.1) is 0 Å². The molecule has 0 aliphatic rings. The standard InChI is InChI=1S/C5H13N3O2S/c1-11(10)4-2-3-7-5(6)8-9/h9H,2-4H2,1H3,(H3,6,7,8). The van der Waals surface area contributed by atoms with Crippen LogP contribution in [0.4, 0.5) is 0 Å². The molecule has 0 aromatic heterocycles. The Morgan fingerprint density at radius 3 is 2.91 bits per heavy atom. The molecular formula is C5H13N3O2S. The van der Waals surface area contributed by atoms with Crippen LogP contribution in [-0.4, -0.2) is 33.9 Å². The van der Waals surface area contributed by atoms with Crippen LogP contribution in [0, 0.1) is 0 Å². The van der Waals surface area contributed by atoms with Gasteiger partial charge in [0.1, 0.15) is 0 Å². The van der Waals surface area contributed by atoms with E-state index in [4.69, 9.17) is 10.9 Å². The monoisotopic (exact) mass is 179 g/mol. The maximum atomic E-state index is 10.5. The molecule has 0 aromatic carbocycles. The molecule has 0 aromatic rings. The Kier molecular flexibility index (Phi) is 5.77. The van der Waals surface area contributed by atoms with Gasteiger partial charge in [-0.1, -0.05) is 0 Å². The molecule has 0 spiro atoms. The fourth-order valence-electron chi connectivity index (χ4n) is 0.503. The molecule has 5 nitrogen and oxygen atoms in total. The third-order valence-corrected chi connectivity index (χ3v) is 1.85. The lowest BCUT2D eigenvalue weighted by Gasteiger charge is -1.96. The number of aliphatic imine (C=N–C) groups is 1. The first-order valence-electron chi connectivity index (χ1n) is 3.17. The van der Waals surface area contributed by atoms with E-state index in [2.05, 4.69) is 4.99 Å². The van der Waals surface area contributed by atoms with Crippen molar-refractivity contribution in [3.05, 3.63) is 0 Å². The summed E-state index contributed by atoms with van der Waals surface area (Å²) in [6.45, 7) is 0.485. The number of nitrogens with two attached hydrogens (primary N) is 1. The third-order valence-electron chi connectivity index (χ3n) is 0.987. The fraction of sp³-hybridized carbons (Fsp3) is 0.800. The molecule has 0 rings (SSSR count). The van der Waals surface area contributed by atoms with Gasteiger partial charge in [0.15, 0.2) is 0 Å². The Morgan fingerprint density at radius 1 is 1.82 bits per heavy atom. The quantitative estimate of drug-likeness (QED) is 0.225. The number of guanidine groups is 1. The van der Waals surface area contributed by atoms with Crippen molar-refractivity contribution in [3.63, 3.8) is 0 Å². The highest BCUT2D eigenvalue weighted by Crippen LogP contribution is 1.84. The van der Waals surface area contributed by atoms with E-state index in [9.17, 15) is 4.21 Å². The summed E-state index contributed by atoms with van der Waals surface area (Å²) in [5.41, 5.74) is 6.81. The van der Waals surface area contributed by atoms with E-state index in [1.54, 1.807) is 11.7 Å². The highest BCUT2D eigenvalue weighted by molar-refractivity contribution is 7.84. The van der Waals surface area contributed by atoms with Crippen LogP contribution in [0.2, 0.25) is 0 Å². The summed E-state index contributed by atoms with van der Waals surface area (Å²) in [5, 5.41) is 8.18. The van der Waals surface area contributed by atoms with E-state index >= 15 is 0 Å². The average molecular weight is 179 g/mol. The number of nitrogens with zero attached hydrogens (tertiary/aromatic N) is 1. The number of hydrogen-bond acceptors (Lipinski definition) is 3. The Bertz CT molecular complexity index is 160. The first-order chi connectivity index (χ1) is 5.16. The topological polar surface area (TPSA) is 87.7 Å². The first kappa shape index (κ1) is 10.4. The Hall–Kier alpha value is -0.620. The zero-order valence-electron chi connectivity index (χ0n) is 6.41. The van der Waals surface area contributed by atoms with Crippen LogP contribution < -0.4 is 11.2 Å². The van der Waals surface area contributed by atoms with Gasteiger partial charge in [-0.2, -0.15) is 0 Å². The van der Waals surface area contributed by atoms with Crippen LogP contribution in [0.5, 0.6) is 0 Å². The van der Waals surface area contributed by atoms with Crippen molar-refractivity contribution in [2.45, 2.75) is 6.42 Å². The van der Waals surface area contributed by atoms with Gasteiger partial charge in [-0.15, -0.1) is 0 Å². The van der Waals surface area contributed by atoms with Crippen molar-refractivity contribution in [2.75, 3.05) is 18.6 Å². The zero-order chi connectivity index (χ0) is 8.69. The lowest BCUT2D eigenvalue weighted by Crippen LogP contribution is -2.28. The minimum atomic E-state index is -0.775. The van der Waals surface area contributed by atoms with Crippen LogP contribution >= 0.6 is 0 Å². The average Bonchev–Trinajstić information content (AvgIpc) is 1.97. The summed E-state index contributed by atoms with van der Waals surface area (Å²) in [7, 11) is -0.775. The molecule has 0 fully saturated rings. The molecule has 0 heterocycles. The van der Waals surface area contributed by atoms with Crippen LogP contribution in [0.3, 0.4) is 0 Å². The van der Waals surface area contributed by atoms with Gasteiger partial charge < -0.3 is 5.73 Å². The summed E-state index contributed by atoms with van der Waals surface area (Å²) in [6.07, 6.45) is 2.35. The van der Waals surface area contributed by atoms with Crippen molar-refractivity contribution >= 4 is 16.8 Å². The Balaban J connectivity index is 3.33. The molecule has 6 heteroatoms. The van der Waals surface area contributed by atoms with Gasteiger partial charge in [0, 0.05) is 29.4 Å². The minimum absolute atomic E-state index is 0.00751. The predicted molar refractivity (Wildman–Crippen MR) is 45.0 cm³/mol. The molecule has 4 N–H and O–H groups in total. The molecule has 1 atom stereocenters. The summed E-state index contributed by atoms with van der Waals surface area (Å²) in [4.78, 5) is 3.71. The van der Waals surface area contributed by atoms with E-state index in [0.717, 1.165) is 0 Å². The predicted octanol–water partition coefficient (Wildman–Crippen LogP) is -0.951. The maximum Gasteiger partial charge on any atom is 0.212 e. The SMILES string of the molecule is CS(=O)CCCN=C(N)NO. The lowest BCUT2D eigenvalue weighted by atomic mass is 10.5. The van der Waals surface area contributed by atoms with Gasteiger partial charge in [-0.05, 0) is 6.42 Å². The molecule has 0 aliphatic heterocycles. The molecule has 0 radical (unpaired) electrons. The van der Waals surface area contributed by atoms with Gasteiger partial charge in [-0.25, -0.2) is 5.48 Å². The fourth-order valence-corrected chi connectivity index (χ4v) is 1.04. The van der Waals surface area contributed by atoms with Gasteiger partial charge in [0.25, 0.3) is 0 Å². The minimum Gasteiger partial charge on any atom is -0.368 e. The summed E-state index contributed by atoms with van der Waals surface area (Å²) in [5.74, 6) is 0.606. The van der Waals surface area contributed by atoms with Crippen molar-refractivity contribution in [2.24, 2.45) is 10.7 Å². The molecule has 0 saturated carbocycles. The zero-order valence-corrected chi connectivity index (χ0v) is 7.23. The van der Waals surface area contributed by atoms with Crippen LogP contribution in [0.1, 0.15) is 6.42 Å². The van der Waals surface area contributed by atoms with Crippen LogP contribution in [-0.2, 0) is 10.8 Å². The molecule has 0 amide bonds. The summed E-state index contributed by atoms with van der Waals surface area (Å²) < 4.78 is 10.5. The van der Waals surface area contributed by atoms with E-state index in [1.165, 1.54) is 0 Å². The largest absolute Gasteiger partial charge is 0.368 e. The highest BCUT2D eigenvalue weighted by atomic mass is 32.2. The molecule has 1 unspecified atom stereocenters. The van der Waals surface area contributed by atoms with E-state index in [1.807, 2.05) is 0 Å². The summed E-state index contributed by atoms with van der Waals surface area (Å²) in [6, 6.07) is 0. The molecule has 0 saturated heterocycles. The molecular weight excluding hydrogens is 166 g/mol. The smallest absolute Gasteiger partial charge is 0.212 e. The number of nitrogens with one attached hydrogen (secondary N) is 1. The number of rotatable bonds is 4. The van der Waals surface area contributed by atoms with E-state index < -0.39 is 10.8 Å². The second-order valence-corrected chi connectivity index (χ2v) is 3.56. The highest BCUT2D eigenvalue weighted by Gasteiger charge is 1.90. The van der Waals surface area contributed by atoms with Crippen molar-refractivity contribution in [3.8, 4) is 0 Å². The number of hydroxylamine groups is 1. The summed E-state index contributed by atoms with van der Waals surface area (Å²) >= 11 is 0. The van der Waals surface area contributed by atoms with Crippen LogP contribution in [0.25, 0.3) is 0 Å². The van der Waals surface area contributed by atoms with E-state index in [0.29, 0.717) is 18.7 Å². The normalized spacial score (nSPS) is 14.5. The maximum absolute atomic E-state index is 10.5. The Morgan fingerprint density at radius 2 is 2.45 bits per heavy atom. The second kappa shape index (κ2) is 6.11. The lowest BCUT2D eigenvalue weighted by molar-refractivity contribution is 0.232. The molecule has 11 heavy (non-hydrogen) atoms. The molecule has 0 aliphatic carbocycles. The Labute approximate surface area is 68.1 Å². The van der Waals surface area contributed by atoms with Gasteiger partial charge in [-0.3, -0.25) is 14.4 Å². The second-order valence-electron chi connectivity index (χ2n) is 2.01. The van der Waals surface area contributed by atoms with Gasteiger partial charge in [0.2, 0.25) is 5.96 Å². The van der Waals surface area contributed by atoms with Crippen molar-refractivity contribution in [1.29, 1.82) is 0 Å². The molecule has 66 valence electrons. The molecule has 0 bridgehead atoms. The van der Waals surface area contributed by atoms with Gasteiger partial charge >= 0.3 is 0 Å². The first-order valence-corrected chi connectivity index (χ1v) is 4.89. The number of hydrogen-bond donors (Lipinski definition) is 3. The third kappa shape index (κ3) is 7.27. The van der Waals surface area contributed by atoms with Crippen LogP contribution in [0.15, 0.2) is 4.99 Å².